The molecule has 0 aliphatic rings. The number of amides is 1. The summed E-state index contributed by atoms with van der Waals surface area (Å²) in [5.74, 6) is -0.325. The van der Waals surface area contributed by atoms with Gasteiger partial charge in [0.25, 0.3) is 11.5 Å². The second-order valence-corrected chi connectivity index (χ2v) is 5.80. The van der Waals surface area contributed by atoms with E-state index in [1.807, 2.05) is 14.1 Å². The Kier molecular flexibility index (Phi) is 5.57. The fraction of sp³-hybridized carbons (Fsp3) is 0.333. The predicted molar refractivity (Wildman–Crippen MR) is 93.2 cm³/mol. The summed E-state index contributed by atoms with van der Waals surface area (Å²) in [6.07, 6.45) is 1.72. The van der Waals surface area contributed by atoms with Crippen molar-refractivity contribution < 1.29 is 4.79 Å². The van der Waals surface area contributed by atoms with E-state index in [1.165, 1.54) is 11.3 Å². The smallest absolute Gasteiger partial charge is 0.260 e. The molecule has 2 rings (SSSR count). The topological polar surface area (TPSA) is 65.2 Å². The van der Waals surface area contributed by atoms with Crippen LogP contribution in [-0.4, -0.2) is 31.5 Å². The second-order valence-electron chi connectivity index (χ2n) is 5.80. The van der Waals surface area contributed by atoms with Crippen LogP contribution in [0.15, 0.2) is 41.2 Å². The van der Waals surface area contributed by atoms with Crippen LogP contribution in [0.4, 0.5) is 5.69 Å². The van der Waals surface area contributed by atoms with E-state index in [2.05, 4.69) is 39.5 Å². The number of H-pyrrole nitrogens is 1. The maximum Gasteiger partial charge on any atom is 0.260 e. The molecule has 122 valence electrons. The van der Waals surface area contributed by atoms with Gasteiger partial charge in [-0.05, 0) is 49.6 Å². The average Bonchev–Trinajstić information content (AvgIpc) is 2.51. The number of anilines is 1. The van der Waals surface area contributed by atoms with Crippen molar-refractivity contribution in [1.82, 2.24) is 10.3 Å². The van der Waals surface area contributed by atoms with Gasteiger partial charge in [0.2, 0.25) is 0 Å². The maximum absolute atomic E-state index is 12.0. The van der Waals surface area contributed by atoms with Crippen molar-refractivity contribution in [2.24, 2.45) is 0 Å². The van der Waals surface area contributed by atoms with Crippen LogP contribution in [0.2, 0.25) is 0 Å². The number of nitrogens with one attached hydrogen (secondary N) is 2. The first-order valence-electron chi connectivity index (χ1n) is 7.72. The Labute approximate surface area is 136 Å². The van der Waals surface area contributed by atoms with Gasteiger partial charge < -0.3 is 15.2 Å². The van der Waals surface area contributed by atoms with Crippen LogP contribution < -0.4 is 15.8 Å². The van der Waals surface area contributed by atoms with Crippen LogP contribution in [0.3, 0.4) is 0 Å². The largest absolute Gasteiger partial charge is 0.378 e. The molecule has 0 bridgehead atoms. The molecule has 0 aliphatic carbocycles. The van der Waals surface area contributed by atoms with E-state index in [1.54, 1.807) is 19.1 Å². The molecule has 1 aromatic carbocycles. The number of aromatic amines is 1. The van der Waals surface area contributed by atoms with E-state index in [9.17, 15) is 9.59 Å². The van der Waals surface area contributed by atoms with Gasteiger partial charge in [0.15, 0.2) is 0 Å². The normalized spacial score (nSPS) is 10.4. The SMILES string of the molecule is Cc1ccc(C(=O)NCCCc2ccc(N(C)C)cc2)c(=O)[nH]1. The van der Waals surface area contributed by atoms with Crippen molar-refractivity contribution in [3.8, 4) is 0 Å². The third-order valence-electron chi connectivity index (χ3n) is 3.68. The number of hydrogen-bond acceptors (Lipinski definition) is 3. The summed E-state index contributed by atoms with van der Waals surface area (Å²) in [6, 6.07) is 11.6. The molecule has 1 amide bonds. The number of carbonyl (C=O) groups is 1. The number of aromatic nitrogens is 1. The van der Waals surface area contributed by atoms with Crippen LogP contribution in [0.25, 0.3) is 0 Å². The summed E-state index contributed by atoms with van der Waals surface area (Å²) < 4.78 is 0. The number of pyridine rings is 1. The summed E-state index contributed by atoms with van der Waals surface area (Å²) in [5.41, 5.74) is 2.96. The molecular formula is C18H23N3O2. The zero-order chi connectivity index (χ0) is 16.8. The van der Waals surface area contributed by atoms with E-state index in [0.29, 0.717) is 6.54 Å². The zero-order valence-electron chi connectivity index (χ0n) is 13.8. The highest BCUT2D eigenvalue weighted by Gasteiger charge is 2.09. The van der Waals surface area contributed by atoms with Gasteiger partial charge in [-0.3, -0.25) is 9.59 Å². The lowest BCUT2D eigenvalue weighted by Crippen LogP contribution is -2.30. The Morgan fingerprint density at radius 3 is 2.43 bits per heavy atom. The molecule has 0 saturated heterocycles. The van der Waals surface area contributed by atoms with Crippen molar-refractivity contribution in [3.63, 3.8) is 0 Å². The molecule has 0 radical (unpaired) electrons. The minimum absolute atomic E-state index is 0.158. The van der Waals surface area contributed by atoms with Crippen molar-refractivity contribution in [2.45, 2.75) is 19.8 Å². The van der Waals surface area contributed by atoms with Crippen molar-refractivity contribution in [3.05, 3.63) is 63.6 Å². The Balaban J connectivity index is 1.80. The Morgan fingerprint density at radius 2 is 1.83 bits per heavy atom. The number of nitrogens with zero attached hydrogens (tertiary/aromatic N) is 1. The predicted octanol–water partition coefficient (Wildman–Crippen LogP) is 2.11. The standard InChI is InChI=1S/C18H23N3O2/c1-13-6-11-16(18(23)20-13)17(22)19-12-4-5-14-7-9-15(10-8-14)21(2)3/h6-11H,4-5,12H2,1-3H3,(H,19,22)(H,20,23). The Hall–Kier alpha value is -2.56. The quantitative estimate of drug-likeness (QED) is 0.803. The third kappa shape index (κ3) is 4.71. The maximum atomic E-state index is 12.0. The van der Waals surface area contributed by atoms with Gasteiger partial charge in [-0.25, -0.2) is 0 Å². The molecule has 23 heavy (non-hydrogen) atoms. The van der Waals surface area contributed by atoms with Gasteiger partial charge in [-0.15, -0.1) is 0 Å². The van der Waals surface area contributed by atoms with Gasteiger partial charge in [0, 0.05) is 32.0 Å². The minimum atomic E-state index is -0.346. The van der Waals surface area contributed by atoms with E-state index in [-0.39, 0.29) is 17.0 Å². The second kappa shape index (κ2) is 7.63. The van der Waals surface area contributed by atoms with Gasteiger partial charge in [0.1, 0.15) is 5.56 Å². The van der Waals surface area contributed by atoms with Crippen LogP contribution in [0.1, 0.15) is 28.0 Å². The number of rotatable bonds is 6. The Bertz CT molecular complexity index is 718. The van der Waals surface area contributed by atoms with Crippen LogP contribution in [0.5, 0.6) is 0 Å². The average molecular weight is 313 g/mol. The molecule has 0 atom stereocenters. The molecule has 2 aromatic rings. The van der Waals surface area contributed by atoms with Crippen molar-refractivity contribution in [2.75, 3.05) is 25.5 Å². The summed E-state index contributed by atoms with van der Waals surface area (Å²) in [6.45, 7) is 2.33. The number of benzene rings is 1. The first kappa shape index (κ1) is 16.8. The van der Waals surface area contributed by atoms with Gasteiger partial charge in [-0.1, -0.05) is 12.1 Å². The molecule has 0 aliphatic heterocycles. The highest BCUT2D eigenvalue weighted by molar-refractivity contribution is 5.93. The molecular weight excluding hydrogens is 290 g/mol. The molecule has 0 spiro atoms. The van der Waals surface area contributed by atoms with Gasteiger partial charge in [0.05, 0.1) is 0 Å². The van der Waals surface area contributed by atoms with E-state index < -0.39 is 0 Å². The molecule has 5 nitrogen and oxygen atoms in total. The van der Waals surface area contributed by atoms with E-state index in [4.69, 9.17) is 0 Å². The molecule has 5 heteroatoms. The fourth-order valence-corrected chi connectivity index (χ4v) is 2.30. The summed E-state index contributed by atoms with van der Waals surface area (Å²) >= 11 is 0. The van der Waals surface area contributed by atoms with Crippen LogP contribution in [0, 0.1) is 6.92 Å². The minimum Gasteiger partial charge on any atom is -0.378 e. The lowest BCUT2D eigenvalue weighted by Gasteiger charge is -2.12. The number of carbonyl (C=O) groups excluding carboxylic acids is 1. The third-order valence-corrected chi connectivity index (χ3v) is 3.68. The lowest BCUT2D eigenvalue weighted by molar-refractivity contribution is 0.0951. The van der Waals surface area contributed by atoms with Crippen molar-refractivity contribution in [1.29, 1.82) is 0 Å². The molecule has 0 unspecified atom stereocenters. The molecule has 0 fully saturated rings. The van der Waals surface area contributed by atoms with Gasteiger partial charge in [-0.2, -0.15) is 0 Å². The molecule has 1 heterocycles. The molecule has 0 saturated carbocycles. The van der Waals surface area contributed by atoms with Crippen LogP contribution in [-0.2, 0) is 6.42 Å². The van der Waals surface area contributed by atoms with Gasteiger partial charge >= 0.3 is 0 Å². The molecule has 1 aromatic heterocycles. The number of hydrogen-bond donors (Lipinski definition) is 2. The number of aryl methyl sites for hydroxylation is 2. The summed E-state index contributed by atoms with van der Waals surface area (Å²) in [5, 5.41) is 2.79. The fourth-order valence-electron chi connectivity index (χ4n) is 2.30. The van der Waals surface area contributed by atoms with E-state index >= 15 is 0 Å². The summed E-state index contributed by atoms with van der Waals surface area (Å²) in [7, 11) is 4.02. The first-order valence-corrected chi connectivity index (χ1v) is 7.72. The highest BCUT2D eigenvalue weighted by atomic mass is 16.2. The highest BCUT2D eigenvalue weighted by Crippen LogP contribution is 2.13. The van der Waals surface area contributed by atoms with Crippen LogP contribution >= 0.6 is 0 Å². The van der Waals surface area contributed by atoms with E-state index in [0.717, 1.165) is 18.5 Å². The van der Waals surface area contributed by atoms with Crippen molar-refractivity contribution >= 4 is 11.6 Å². The zero-order valence-corrected chi connectivity index (χ0v) is 13.8. The molecule has 2 N–H and O–H groups in total. The Morgan fingerprint density at radius 1 is 1.13 bits per heavy atom. The summed E-state index contributed by atoms with van der Waals surface area (Å²) in [4.78, 5) is 28.4. The monoisotopic (exact) mass is 313 g/mol. The first-order chi connectivity index (χ1) is 11.0. The lowest BCUT2D eigenvalue weighted by atomic mass is 10.1.